The summed E-state index contributed by atoms with van der Waals surface area (Å²) in [6.45, 7) is 6.07. The molecule has 2 heteroatoms. The molecule has 0 aromatic rings. The third-order valence-corrected chi connectivity index (χ3v) is 4.20. The maximum Gasteiger partial charge on any atom is 0.136 e. The molecule has 0 N–H and O–H groups in total. The second kappa shape index (κ2) is 2.91. The van der Waals surface area contributed by atoms with Gasteiger partial charge < -0.3 is 0 Å². The van der Waals surface area contributed by atoms with Crippen LogP contribution in [0.3, 0.4) is 0 Å². The van der Waals surface area contributed by atoms with Crippen LogP contribution in [0.2, 0.25) is 0 Å². The van der Waals surface area contributed by atoms with Gasteiger partial charge in [-0.15, -0.1) is 0 Å². The Labute approximate surface area is 85.1 Å². The van der Waals surface area contributed by atoms with Crippen molar-refractivity contribution in [1.82, 2.24) is 0 Å². The first-order valence-electron chi connectivity index (χ1n) is 5.45. The normalized spacial score (nSPS) is 39.9. The van der Waals surface area contributed by atoms with E-state index in [0.29, 0.717) is 18.1 Å². The second-order valence-corrected chi connectivity index (χ2v) is 5.62. The number of rotatable bonds is 1. The van der Waals surface area contributed by atoms with Gasteiger partial charge in [-0.25, -0.2) is 0 Å². The molecule has 2 bridgehead atoms. The van der Waals surface area contributed by atoms with Gasteiger partial charge in [0.05, 0.1) is 0 Å². The van der Waals surface area contributed by atoms with E-state index in [0.717, 1.165) is 12.8 Å². The lowest BCUT2D eigenvalue weighted by Crippen LogP contribution is -2.50. The van der Waals surface area contributed by atoms with Crippen LogP contribution in [0.25, 0.3) is 0 Å². The van der Waals surface area contributed by atoms with Crippen molar-refractivity contribution >= 4 is 11.6 Å². The Kier molecular flexibility index (Phi) is 2.06. The SMILES string of the molecule is CC(=O)[C@@H]1C[C@H]2CC(C)(C)[C@H]1CC2=O. The van der Waals surface area contributed by atoms with Gasteiger partial charge in [0.25, 0.3) is 0 Å². The molecule has 0 unspecified atom stereocenters. The summed E-state index contributed by atoms with van der Waals surface area (Å²) in [6, 6.07) is 0. The molecule has 0 spiro atoms. The van der Waals surface area contributed by atoms with E-state index in [1.165, 1.54) is 0 Å². The van der Waals surface area contributed by atoms with Gasteiger partial charge in [-0.3, -0.25) is 9.59 Å². The highest BCUT2D eigenvalue weighted by Gasteiger charge is 2.51. The van der Waals surface area contributed by atoms with Gasteiger partial charge in [-0.1, -0.05) is 13.8 Å². The molecule has 0 amide bonds. The van der Waals surface area contributed by atoms with Crippen LogP contribution < -0.4 is 0 Å². The van der Waals surface area contributed by atoms with Crippen molar-refractivity contribution < 1.29 is 9.59 Å². The molecule has 3 fully saturated rings. The van der Waals surface area contributed by atoms with Crippen LogP contribution in [0.4, 0.5) is 0 Å². The highest BCUT2D eigenvalue weighted by Crippen LogP contribution is 2.53. The number of ketones is 2. The first-order chi connectivity index (χ1) is 6.42. The molecule has 3 saturated carbocycles. The van der Waals surface area contributed by atoms with E-state index < -0.39 is 0 Å². The summed E-state index contributed by atoms with van der Waals surface area (Å²) in [5.41, 5.74) is 0.188. The highest BCUT2D eigenvalue weighted by atomic mass is 16.1. The molecule has 0 aromatic heterocycles. The zero-order chi connectivity index (χ0) is 10.5. The van der Waals surface area contributed by atoms with Crippen molar-refractivity contribution in [1.29, 1.82) is 0 Å². The Morgan fingerprint density at radius 1 is 1.43 bits per heavy atom. The predicted molar refractivity (Wildman–Crippen MR) is 53.8 cm³/mol. The standard InChI is InChI=1S/C12H18O2/c1-7(13)9-4-8-6-12(2,3)10(9)5-11(8)14/h8-10H,4-6H2,1-3H3/t8-,9-,10-/m0/s1. The van der Waals surface area contributed by atoms with Crippen molar-refractivity contribution in [3.63, 3.8) is 0 Å². The fourth-order valence-electron chi connectivity index (χ4n) is 3.38. The minimum atomic E-state index is 0.154. The number of hydrogen-bond acceptors (Lipinski definition) is 2. The average Bonchev–Trinajstić information content (AvgIpc) is 2.05. The summed E-state index contributed by atoms with van der Waals surface area (Å²) in [5, 5.41) is 0. The van der Waals surface area contributed by atoms with E-state index in [1.807, 2.05) is 0 Å². The van der Waals surface area contributed by atoms with Gasteiger partial charge in [0.1, 0.15) is 11.6 Å². The number of hydrogen-bond donors (Lipinski definition) is 0. The summed E-state index contributed by atoms with van der Waals surface area (Å²) in [7, 11) is 0. The highest BCUT2D eigenvalue weighted by molar-refractivity contribution is 5.87. The smallest absolute Gasteiger partial charge is 0.136 e. The molecular weight excluding hydrogens is 176 g/mol. The van der Waals surface area contributed by atoms with Crippen molar-refractivity contribution in [3.8, 4) is 0 Å². The molecule has 78 valence electrons. The number of carbonyl (C=O) groups excluding carboxylic acids is 2. The summed E-state index contributed by atoms with van der Waals surface area (Å²) in [6.07, 6.45) is 2.45. The first-order valence-corrected chi connectivity index (χ1v) is 5.45. The van der Waals surface area contributed by atoms with E-state index in [2.05, 4.69) is 13.8 Å². The third-order valence-electron chi connectivity index (χ3n) is 4.20. The number of fused-ring (bicyclic) bond motifs is 3. The van der Waals surface area contributed by atoms with Crippen LogP contribution in [0.1, 0.15) is 40.0 Å². The van der Waals surface area contributed by atoms with Crippen molar-refractivity contribution in [2.24, 2.45) is 23.2 Å². The molecular formula is C12H18O2. The molecule has 0 heterocycles. The number of carbonyl (C=O) groups is 2. The summed E-state index contributed by atoms with van der Waals surface area (Å²) >= 11 is 0. The van der Waals surface area contributed by atoms with E-state index in [-0.39, 0.29) is 23.0 Å². The first kappa shape index (κ1) is 9.88. The fraction of sp³-hybridized carbons (Fsp3) is 0.833. The topological polar surface area (TPSA) is 34.1 Å². The van der Waals surface area contributed by atoms with E-state index in [1.54, 1.807) is 6.92 Å². The second-order valence-electron chi connectivity index (χ2n) is 5.62. The molecule has 0 radical (unpaired) electrons. The average molecular weight is 194 g/mol. The zero-order valence-electron chi connectivity index (χ0n) is 9.17. The molecule has 3 atom stereocenters. The maximum atomic E-state index is 11.6. The lowest BCUT2D eigenvalue weighted by atomic mass is 9.52. The van der Waals surface area contributed by atoms with Crippen LogP contribution in [0.15, 0.2) is 0 Å². The van der Waals surface area contributed by atoms with Gasteiger partial charge in [-0.2, -0.15) is 0 Å². The molecule has 3 aliphatic rings. The maximum absolute atomic E-state index is 11.6. The molecule has 0 aromatic carbocycles. The Bertz CT molecular complexity index is 291. The molecule has 3 aliphatic carbocycles. The Morgan fingerprint density at radius 2 is 2.07 bits per heavy atom. The van der Waals surface area contributed by atoms with Crippen LogP contribution in [0, 0.1) is 23.2 Å². The Balaban J connectivity index is 2.30. The van der Waals surface area contributed by atoms with E-state index in [4.69, 9.17) is 0 Å². The summed E-state index contributed by atoms with van der Waals surface area (Å²) in [4.78, 5) is 23.1. The van der Waals surface area contributed by atoms with Gasteiger partial charge >= 0.3 is 0 Å². The Morgan fingerprint density at radius 3 is 2.57 bits per heavy atom. The molecule has 3 rings (SSSR count). The third kappa shape index (κ3) is 1.32. The molecule has 0 aliphatic heterocycles. The lowest BCUT2D eigenvalue weighted by molar-refractivity contribution is -0.145. The van der Waals surface area contributed by atoms with Gasteiger partial charge in [0, 0.05) is 18.3 Å². The van der Waals surface area contributed by atoms with E-state index in [9.17, 15) is 9.59 Å². The zero-order valence-corrected chi connectivity index (χ0v) is 9.17. The van der Waals surface area contributed by atoms with Gasteiger partial charge in [0.15, 0.2) is 0 Å². The van der Waals surface area contributed by atoms with Crippen LogP contribution in [0.5, 0.6) is 0 Å². The van der Waals surface area contributed by atoms with Crippen LogP contribution in [-0.4, -0.2) is 11.6 Å². The van der Waals surface area contributed by atoms with Crippen LogP contribution >= 0.6 is 0 Å². The summed E-state index contributed by atoms with van der Waals surface area (Å²) in [5.74, 6) is 1.30. The van der Waals surface area contributed by atoms with Crippen LogP contribution in [-0.2, 0) is 9.59 Å². The summed E-state index contributed by atoms with van der Waals surface area (Å²) < 4.78 is 0. The van der Waals surface area contributed by atoms with Crippen molar-refractivity contribution in [2.45, 2.75) is 40.0 Å². The fourth-order valence-corrected chi connectivity index (χ4v) is 3.38. The molecule has 0 saturated heterocycles. The van der Waals surface area contributed by atoms with Crippen molar-refractivity contribution in [2.75, 3.05) is 0 Å². The lowest BCUT2D eigenvalue weighted by Gasteiger charge is -2.50. The number of Topliss-reactive ketones (excluding diaryl/α,β-unsaturated/α-hetero) is 2. The monoisotopic (exact) mass is 194 g/mol. The van der Waals surface area contributed by atoms with Gasteiger partial charge in [-0.05, 0) is 31.1 Å². The Hall–Kier alpha value is -0.660. The predicted octanol–water partition coefficient (Wildman–Crippen LogP) is 2.22. The minimum Gasteiger partial charge on any atom is -0.300 e. The largest absolute Gasteiger partial charge is 0.300 e. The van der Waals surface area contributed by atoms with Crippen molar-refractivity contribution in [3.05, 3.63) is 0 Å². The molecule has 14 heavy (non-hydrogen) atoms. The molecule has 2 nitrogen and oxygen atoms in total. The van der Waals surface area contributed by atoms with E-state index >= 15 is 0 Å². The van der Waals surface area contributed by atoms with Gasteiger partial charge in [0.2, 0.25) is 0 Å². The minimum absolute atomic E-state index is 0.154. The quantitative estimate of drug-likeness (QED) is 0.641.